The van der Waals surface area contributed by atoms with Gasteiger partial charge in [0.05, 0.1) is 11.9 Å². The van der Waals surface area contributed by atoms with Gasteiger partial charge in [0, 0.05) is 16.0 Å². The lowest BCUT2D eigenvalue weighted by Crippen LogP contribution is -2.14. The van der Waals surface area contributed by atoms with E-state index in [0.717, 1.165) is 16.7 Å². The molecule has 0 fully saturated rings. The van der Waals surface area contributed by atoms with Crippen LogP contribution in [0.1, 0.15) is 36.5 Å². The van der Waals surface area contributed by atoms with Crippen molar-refractivity contribution >= 4 is 27.5 Å². The first-order valence-electron chi connectivity index (χ1n) is 8.28. The van der Waals surface area contributed by atoms with Gasteiger partial charge >= 0.3 is 0 Å². The molecule has 26 heavy (non-hydrogen) atoms. The molecule has 1 unspecified atom stereocenters. The summed E-state index contributed by atoms with van der Waals surface area (Å²) in [7, 11) is -3.52. The lowest BCUT2D eigenvalue weighted by atomic mass is 9.91. The topological polar surface area (TPSA) is 46.2 Å². The summed E-state index contributed by atoms with van der Waals surface area (Å²) < 4.78 is 54.1. The Balaban J connectivity index is 2.45. The summed E-state index contributed by atoms with van der Waals surface area (Å²) in [4.78, 5) is 0.869. The number of halogens is 2. The van der Waals surface area contributed by atoms with Crippen molar-refractivity contribution < 1.29 is 17.2 Å². The second-order valence-corrected chi connectivity index (χ2v) is 8.82. The van der Waals surface area contributed by atoms with Gasteiger partial charge < -0.3 is 0 Å². The first-order valence-corrected chi connectivity index (χ1v) is 11.4. The van der Waals surface area contributed by atoms with Crippen molar-refractivity contribution in [3.63, 3.8) is 0 Å². The van der Waals surface area contributed by atoms with Gasteiger partial charge in [0.25, 0.3) is 0 Å². The highest BCUT2D eigenvalue weighted by Gasteiger charge is 2.20. The molecule has 7 heteroatoms. The number of hydrogen-bond donors (Lipinski definition) is 1. The molecule has 0 aliphatic carbocycles. The van der Waals surface area contributed by atoms with Gasteiger partial charge in [0.15, 0.2) is 0 Å². The van der Waals surface area contributed by atoms with Crippen molar-refractivity contribution in [2.45, 2.75) is 37.5 Å². The second kappa shape index (κ2) is 8.39. The van der Waals surface area contributed by atoms with Crippen LogP contribution < -0.4 is 4.72 Å². The minimum atomic E-state index is -3.52. The summed E-state index contributed by atoms with van der Waals surface area (Å²) in [5.74, 6) is -0.991. The van der Waals surface area contributed by atoms with E-state index in [-0.39, 0.29) is 17.4 Å². The molecule has 142 valence electrons. The summed E-state index contributed by atoms with van der Waals surface area (Å²) in [6.45, 7) is 3.74. The molecule has 0 radical (unpaired) electrons. The van der Waals surface area contributed by atoms with E-state index in [1.54, 1.807) is 12.1 Å². The number of benzene rings is 2. The van der Waals surface area contributed by atoms with Crippen molar-refractivity contribution in [3.8, 4) is 0 Å². The van der Waals surface area contributed by atoms with Crippen LogP contribution in [-0.4, -0.2) is 20.9 Å². The van der Waals surface area contributed by atoms with Gasteiger partial charge in [0.2, 0.25) is 10.0 Å². The fraction of sp³-hybridized carbons (Fsp3) is 0.368. The van der Waals surface area contributed by atoms with Gasteiger partial charge in [-0.3, -0.25) is 4.72 Å². The number of hydrogen-bond acceptors (Lipinski definition) is 3. The zero-order valence-electron chi connectivity index (χ0n) is 15.3. The van der Waals surface area contributed by atoms with Crippen LogP contribution in [0.25, 0.3) is 0 Å². The average molecular weight is 400 g/mol. The van der Waals surface area contributed by atoms with E-state index < -0.39 is 15.8 Å². The summed E-state index contributed by atoms with van der Waals surface area (Å²) >= 11 is 1.47. The van der Waals surface area contributed by atoms with Crippen LogP contribution >= 0.6 is 11.8 Å². The van der Waals surface area contributed by atoms with Gasteiger partial charge in [-0.2, -0.15) is 0 Å². The highest BCUT2D eigenvalue weighted by atomic mass is 32.2. The van der Waals surface area contributed by atoms with Crippen molar-refractivity contribution in [3.05, 3.63) is 58.7 Å². The fourth-order valence-corrected chi connectivity index (χ4v) is 4.63. The average Bonchev–Trinajstić information content (AvgIpc) is 2.54. The minimum absolute atomic E-state index is 0.237. The molecule has 0 aliphatic heterocycles. The highest BCUT2D eigenvalue weighted by molar-refractivity contribution is 7.98. The molecule has 0 saturated heterocycles. The van der Waals surface area contributed by atoms with E-state index in [1.165, 1.54) is 30.0 Å². The molecular weight excluding hydrogens is 376 g/mol. The SMILES string of the molecule is CCc1c(F)ccc(CC(C)c2c(F)cccc2NS(C)(=O)=O)c1SC. The first-order chi connectivity index (χ1) is 12.2. The molecule has 0 aromatic heterocycles. The molecule has 2 rings (SSSR count). The van der Waals surface area contributed by atoms with Crippen molar-refractivity contribution in [2.75, 3.05) is 17.2 Å². The molecule has 2 aromatic rings. The molecule has 0 amide bonds. The predicted molar refractivity (Wildman–Crippen MR) is 105 cm³/mol. The maximum Gasteiger partial charge on any atom is 0.229 e. The summed E-state index contributed by atoms with van der Waals surface area (Å²) in [5.41, 5.74) is 2.14. The third-order valence-corrected chi connectivity index (χ3v) is 5.72. The second-order valence-electron chi connectivity index (χ2n) is 6.25. The fourth-order valence-electron chi connectivity index (χ4n) is 3.16. The largest absolute Gasteiger partial charge is 0.283 e. The van der Waals surface area contributed by atoms with Gasteiger partial charge in [-0.1, -0.05) is 26.0 Å². The van der Waals surface area contributed by atoms with E-state index in [4.69, 9.17) is 0 Å². The molecule has 0 spiro atoms. The Morgan fingerprint density at radius 3 is 2.42 bits per heavy atom. The number of rotatable bonds is 7. The molecule has 0 saturated carbocycles. The maximum atomic E-state index is 14.5. The third kappa shape index (κ3) is 4.76. The smallest absolute Gasteiger partial charge is 0.229 e. The number of sulfonamides is 1. The zero-order chi connectivity index (χ0) is 19.5. The Morgan fingerprint density at radius 2 is 1.85 bits per heavy atom. The van der Waals surface area contributed by atoms with Gasteiger partial charge in [-0.05, 0) is 48.8 Å². The minimum Gasteiger partial charge on any atom is -0.283 e. The Labute approximate surface area is 158 Å². The Bertz CT molecular complexity index is 899. The van der Waals surface area contributed by atoms with Crippen molar-refractivity contribution in [1.82, 2.24) is 0 Å². The lowest BCUT2D eigenvalue weighted by Gasteiger charge is -2.20. The number of anilines is 1. The predicted octanol–water partition coefficient (Wildman–Crippen LogP) is 4.97. The Morgan fingerprint density at radius 1 is 1.15 bits per heavy atom. The van der Waals surface area contributed by atoms with Crippen molar-refractivity contribution in [1.29, 1.82) is 0 Å². The monoisotopic (exact) mass is 399 g/mol. The summed E-state index contributed by atoms with van der Waals surface area (Å²) in [5, 5.41) is 0. The van der Waals surface area contributed by atoms with Crippen LogP contribution in [0.2, 0.25) is 0 Å². The van der Waals surface area contributed by atoms with Gasteiger partial charge in [0.1, 0.15) is 11.6 Å². The Hall–Kier alpha value is -1.60. The normalized spacial score (nSPS) is 12.8. The summed E-state index contributed by atoms with van der Waals surface area (Å²) in [6.07, 6.45) is 3.97. The molecule has 0 heterocycles. The van der Waals surface area contributed by atoms with Crippen LogP contribution in [0, 0.1) is 11.6 Å². The molecular formula is C19H23F2NO2S2. The molecule has 1 N–H and O–H groups in total. The summed E-state index contributed by atoms with van der Waals surface area (Å²) in [6, 6.07) is 7.50. The third-order valence-electron chi connectivity index (χ3n) is 4.21. The van der Waals surface area contributed by atoms with E-state index in [1.807, 2.05) is 20.1 Å². The van der Waals surface area contributed by atoms with E-state index in [0.29, 0.717) is 24.0 Å². The maximum absolute atomic E-state index is 14.5. The molecule has 3 nitrogen and oxygen atoms in total. The van der Waals surface area contributed by atoms with Crippen LogP contribution in [0.15, 0.2) is 35.2 Å². The molecule has 2 aromatic carbocycles. The molecule has 1 atom stereocenters. The molecule has 0 bridgehead atoms. The standard InChI is InChI=1S/C19H23F2NO2S2/c1-5-14-15(20)10-9-13(19(14)25-3)11-12(2)18-16(21)7-6-8-17(18)22-26(4,23)24/h6-10,12,22H,5,11H2,1-4H3. The van der Waals surface area contributed by atoms with Crippen molar-refractivity contribution in [2.24, 2.45) is 0 Å². The lowest BCUT2D eigenvalue weighted by molar-refractivity contribution is 0.583. The van der Waals surface area contributed by atoms with Crippen LogP contribution in [0.3, 0.4) is 0 Å². The van der Waals surface area contributed by atoms with E-state index in [2.05, 4.69) is 4.72 Å². The number of thioether (sulfide) groups is 1. The van der Waals surface area contributed by atoms with Gasteiger partial charge in [-0.15, -0.1) is 11.8 Å². The van der Waals surface area contributed by atoms with Crippen LogP contribution in [0.4, 0.5) is 14.5 Å². The quantitative estimate of drug-likeness (QED) is 0.669. The highest BCUT2D eigenvalue weighted by Crippen LogP contribution is 2.35. The Kier molecular flexibility index (Phi) is 6.69. The van der Waals surface area contributed by atoms with Crippen LogP contribution in [0.5, 0.6) is 0 Å². The van der Waals surface area contributed by atoms with E-state index in [9.17, 15) is 17.2 Å². The molecule has 0 aliphatic rings. The zero-order valence-corrected chi connectivity index (χ0v) is 16.9. The number of nitrogens with one attached hydrogen (secondary N) is 1. The van der Waals surface area contributed by atoms with E-state index >= 15 is 0 Å². The van der Waals surface area contributed by atoms with Gasteiger partial charge in [-0.25, -0.2) is 17.2 Å². The first kappa shape index (κ1) is 20.7. The van der Waals surface area contributed by atoms with Crippen LogP contribution in [-0.2, 0) is 22.9 Å².